The summed E-state index contributed by atoms with van der Waals surface area (Å²) in [4.78, 5) is 15.4. The second-order valence-corrected chi connectivity index (χ2v) is 7.22. The fourth-order valence-electron chi connectivity index (χ4n) is 5.32. The number of allylic oxidation sites excluding steroid dienone is 1. The summed E-state index contributed by atoms with van der Waals surface area (Å²) in [7, 11) is 4.91. The Kier molecular flexibility index (Phi) is 3.43. The molecule has 2 aliphatic carbocycles. The Hall–Kier alpha value is -2.05. The number of likely N-dealkylation sites (tertiary alicyclic amines) is 1. The molecule has 1 heterocycles. The van der Waals surface area contributed by atoms with Crippen LogP contribution in [0.5, 0.6) is 11.5 Å². The quantitative estimate of drug-likeness (QED) is 0.849. The minimum atomic E-state index is -0.913. The van der Waals surface area contributed by atoms with Gasteiger partial charge in [-0.1, -0.05) is 6.07 Å². The van der Waals surface area contributed by atoms with E-state index in [1.165, 1.54) is 14.2 Å². The number of ether oxygens (including phenoxy) is 2. The van der Waals surface area contributed by atoms with Crippen LogP contribution in [0.3, 0.4) is 0 Å². The molecule has 3 aliphatic rings. The number of Topliss-reactive ketones (excluding diaryl/α,β-unsaturated/α-hetero) is 1. The van der Waals surface area contributed by atoms with Crippen molar-refractivity contribution in [2.75, 3.05) is 27.8 Å². The third-order valence-corrected chi connectivity index (χ3v) is 6.49. The Balaban J connectivity index is 2.06. The molecule has 4 rings (SSSR count). The molecule has 1 aliphatic heterocycles. The zero-order valence-electron chi connectivity index (χ0n) is 14.7. The molecule has 1 aromatic rings. The molecule has 0 unspecified atom stereocenters. The Labute approximate surface area is 146 Å². The lowest BCUT2D eigenvalue weighted by Gasteiger charge is -2.54. The van der Waals surface area contributed by atoms with E-state index >= 15 is 0 Å². The molecule has 0 amide bonds. The molecular weight excluding hydrogens is 322 g/mol. The number of hydrogen-bond acceptors (Lipinski definition) is 6. The van der Waals surface area contributed by atoms with Crippen molar-refractivity contribution in [3.05, 3.63) is 35.1 Å². The maximum Gasteiger partial charge on any atom is 0.218 e. The number of carbonyl (C=O) groups is 1. The Morgan fingerprint density at radius 2 is 2.04 bits per heavy atom. The molecule has 0 aromatic heterocycles. The molecule has 2 N–H and O–H groups in total. The average molecular weight is 345 g/mol. The number of nitrogens with zero attached hydrogens (tertiary/aromatic N) is 1. The van der Waals surface area contributed by atoms with Crippen LogP contribution in [-0.2, 0) is 14.9 Å². The number of methoxy groups -OCH3 is 2. The van der Waals surface area contributed by atoms with Crippen LogP contribution in [0.15, 0.2) is 24.0 Å². The average Bonchev–Trinajstić information content (AvgIpc) is 2.90. The molecule has 0 bridgehead atoms. The van der Waals surface area contributed by atoms with Gasteiger partial charge in [0.05, 0.1) is 20.3 Å². The summed E-state index contributed by atoms with van der Waals surface area (Å²) in [6, 6.07) is 3.47. The second-order valence-electron chi connectivity index (χ2n) is 7.22. The molecule has 0 radical (unpaired) electrons. The molecule has 1 aromatic carbocycles. The minimum Gasteiger partial charge on any atom is -0.504 e. The zero-order chi connectivity index (χ0) is 18.0. The predicted octanol–water partition coefficient (Wildman–Crippen LogP) is 1.65. The first-order chi connectivity index (χ1) is 11.9. The van der Waals surface area contributed by atoms with Crippen molar-refractivity contribution in [2.45, 2.75) is 36.3 Å². The summed E-state index contributed by atoms with van der Waals surface area (Å²) in [5, 5.41) is 21.7. The second kappa shape index (κ2) is 5.22. The van der Waals surface area contributed by atoms with Gasteiger partial charge in [-0.3, -0.25) is 9.69 Å². The maximum atomic E-state index is 13.4. The largest absolute Gasteiger partial charge is 0.504 e. The predicted molar refractivity (Wildman–Crippen MR) is 90.6 cm³/mol. The van der Waals surface area contributed by atoms with E-state index in [9.17, 15) is 15.0 Å². The van der Waals surface area contributed by atoms with Crippen molar-refractivity contribution >= 4 is 5.78 Å². The molecule has 25 heavy (non-hydrogen) atoms. The number of aliphatic hydroxyl groups excluding tert-OH is 1. The SMILES string of the molecule is COC1=CC[C@]23CCN(C)[C@]2(C[C@H](O)c2ccc(OC)c(O)c23)C1=O. The van der Waals surface area contributed by atoms with Crippen molar-refractivity contribution < 1.29 is 24.5 Å². The summed E-state index contributed by atoms with van der Waals surface area (Å²) < 4.78 is 10.6. The van der Waals surface area contributed by atoms with E-state index in [2.05, 4.69) is 0 Å². The van der Waals surface area contributed by atoms with Crippen LogP contribution in [-0.4, -0.2) is 54.2 Å². The molecule has 1 saturated heterocycles. The highest BCUT2D eigenvalue weighted by Crippen LogP contribution is 2.63. The first-order valence-corrected chi connectivity index (χ1v) is 8.51. The smallest absolute Gasteiger partial charge is 0.218 e. The molecule has 0 spiro atoms. The van der Waals surface area contributed by atoms with Crippen molar-refractivity contribution in [1.82, 2.24) is 4.90 Å². The normalized spacial score (nSPS) is 34.0. The first-order valence-electron chi connectivity index (χ1n) is 8.51. The number of carbonyl (C=O) groups excluding carboxylic acids is 1. The number of hydrogen-bond donors (Lipinski definition) is 2. The summed E-state index contributed by atoms with van der Waals surface area (Å²) >= 11 is 0. The van der Waals surface area contributed by atoms with E-state index < -0.39 is 17.1 Å². The van der Waals surface area contributed by atoms with Gasteiger partial charge in [-0.15, -0.1) is 0 Å². The Bertz CT molecular complexity index is 788. The van der Waals surface area contributed by atoms with Crippen LogP contribution in [0, 0.1) is 0 Å². The van der Waals surface area contributed by atoms with Crippen molar-refractivity contribution in [2.24, 2.45) is 0 Å². The monoisotopic (exact) mass is 345 g/mol. The number of phenolic OH excluding ortho intramolecular Hbond substituents is 1. The topological polar surface area (TPSA) is 79.2 Å². The fraction of sp³-hybridized carbons (Fsp3) is 0.526. The Morgan fingerprint density at radius 3 is 2.72 bits per heavy atom. The standard InChI is InChI=1S/C19H23NO5/c1-20-9-8-18-7-6-14(25-3)17(23)19(18,20)10-12(21)11-4-5-13(24-2)16(22)15(11)18/h4-6,12,21-22H,7-10H2,1-3H3/t12-,18+,19+/m0/s1. The highest BCUT2D eigenvalue weighted by Gasteiger charge is 2.68. The zero-order valence-corrected chi connectivity index (χ0v) is 14.7. The number of fused-ring (bicyclic) bond motifs is 1. The minimum absolute atomic E-state index is 0.0282. The van der Waals surface area contributed by atoms with Gasteiger partial charge in [0.15, 0.2) is 17.3 Å². The van der Waals surface area contributed by atoms with Gasteiger partial charge in [-0.2, -0.15) is 0 Å². The number of benzene rings is 1. The van der Waals surface area contributed by atoms with Gasteiger partial charge in [0.2, 0.25) is 5.78 Å². The van der Waals surface area contributed by atoms with Crippen LogP contribution in [0.25, 0.3) is 0 Å². The van der Waals surface area contributed by atoms with E-state index in [-0.39, 0.29) is 11.5 Å². The van der Waals surface area contributed by atoms with E-state index in [0.29, 0.717) is 42.0 Å². The molecule has 6 heteroatoms. The van der Waals surface area contributed by atoms with Crippen LogP contribution < -0.4 is 4.74 Å². The van der Waals surface area contributed by atoms with E-state index in [0.717, 1.165) is 6.42 Å². The van der Waals surface area contributed by atoms with Crippen molar-refractivity contribution in [3.8, 4) is 11.5 Å². The highest BCUT2D eigenvalue weighted by atomic mass is 16.5. The summed E-state index contributed by atoms with van der Waals surface area (Å²) in [6.07, 6.45) is 2.58. The third kappa shape index (κ3) is 1.74. The van der Waals surface area contributed by atoms with Crippen molar-refractivity contribution in [3.63, 3.8) is 0 Å². The fourth-order valence-corrected chi connectivity index (χ4v) is 5.32. The molecule has 6 nitrogen and oxygen atoms in total. The third-order valence-electron chi connectivity index (χ3n) is 6.49. The van der Waals surface area contributed by atoms with Gasteiger partial charge in [-0.05, 0) is 44.1 Å². The number of aliphatic hydroxyl groups is 1. The van der Waals surface area contributed by atoms with Gasteiger partial charge in [0.25, 0.3) is 0 Å². The molecule has 0 saturated carbocycles. The summed E-state index contributed by atoms with van der Waals surface area (Å²) in [5.74, 6) is 0.607. The lowest BCUT2D eigenvalue weighted by atomic mass is 9.53. The van der Waals surface area contributed by atoms with Crippen LogP contribution in [0.4, 0.5) is 0 Å². The Morgan fingerprint density at radius 1 is 1.28 bits per heavy atom. The van der Waals surface area contributed by atoms with Gasteiger partial charge in [0, 0.05) is 17.4 Å². The van der Waals surface area contributed by atoms with Crippen LogP contribution >= 0.6 is 0 Å². The maximum absolute atomic E-state index is 13.4. The lowest BCUT2D eigenvalue weighted by molar-refractivity contribution is -0.136. The van der Waals surface area contributed by atoms with E-state index in [1.807, 2.05) is 18.0 Å². The first kappa shape index (κ1) is 16.4. The van der Waals surface area contributed by atoms with Crippen LogP contribution in [0.2, 0.25) is 0 Å². The van der Waals surface area contributed by atoms with Gasteiger partial charge in [-0.25, -0.2) is 0 Å². The van der Waals surface area contributed by atoms with Gasteiger partial charge < -0.3 is 19.7 Å². The van der Waals surface area contributed by atoms with E-state index in [1.54, 1.807) is 12.1 Å². The molecule has 3 atom stereocenters. The highest BCUT2D eigenvalue weighted by molar-refractivity contribution is 6.04. The number of phenols is 1. The number of likely N-dealkylation sites (N-methyl/N-ethyl adjacent to an activating group) is 1. The summed E-state index contributed by atoms with van der Waals surface area (Å²) in [5.41, 5.74) is -0.168. The van der Waals surface area contributed by atoms with Gasteiger partial charge >= 0.3 is 0 Å². The van der Waals surface area contributed by atoms with Crippen molar-refractivity contribution in [1.29, 1.82) is 0 Å². The molecular formula is C19H23NO5. The van der Waals surface area contributed by atoms with E-state index in [4.69, 9.17) is 9.47 Å². The number of rotatable bonds is 2. The lowest BCUT2D eigenvalue weighted by Crippen LogP contribution is -2.65. The van der Waals surface area contributed by atoms with Crippen LogP contribution in [0.1, 0.15) is 36.5 Å². The molecule has 134 valence electrons. The molecule has 1 fully saturated rings. The van der Waals surface area contributed by atoms with Gasteiger partial charge in [0.1, 0.15) is 5.54 Å². The number of ketones is 1. The summed E-state index contributed by atoms with van der Waals surface area (Å²) in [6.45, 7) is 0.708. The number of aromatic hydroxyl groups is 1.